The van der Waals surface area contributed by atoms with E-state index >= 15 is 0 Å². The summed E-state index contributed by atoms with van der Waals surface area (Å²) in [6, 6.07) is 4.29. The van der Waals surface area contributed by atoms with E-state index in [-0.39, 0.29) is 23.0 Å². The number of anilines is 2. The Labute approximate surface area is 112 Å². The van der Waals surface area contributed by atoms with Gasteiger partial charge in [0.1, 0.15) is 0 Å². The van der Waals surface area contributed by atoms with Crippen LogP contribution in [0.5, 0.6) is 0 Å². The van der Waals surface area contributed by atoms with E-state index in [1.165, 1.54) is 30.1 Å². The van der Waals surface area contributed by atoms with Crippen molar-refractivity contribution in [1.82, 2.24) is 9.62 Å². The van der Waals surface area contributed by atoms with Gasteiger partial charge >= 0.3 is 0 Å². The number of nitrogens with two attached hydrogens (primary N) is 1. The van der Waals surface area contributed by atoms with Gasteiger partial charge in [-0.3, -0.25) is 4.79 Å². The minimum absolute atomic E-state index is 0.0805. The van der Waals surface area contributed by atoms with Crippen LogP contribution < -0.4 is 15.8 Å². The molecule has 106 valence electrons. The lowest BCUT2D eigenvalue weighted by atomic mass is 10.2. The molecule has 0 saturated heterocycles. The zero-order valence-corrected chi connectivity index (χ0v) is 11.9. The smallest absolute Gasteiger partial charge is 0.241 e. The summed E-state index contributed by atoms with van der Waals surface area (Å²) in [6.45, 7) is 0.0926. The summed E-state index contributed by atoms with van der Waals surface area (Å²) < 4.78 is 25.3. The molecule has 0 atom stereocenters. The Balaban J connectivity index is 2.87. The van der Waals surface area contributed by atoms with Crippen LogP contribution in [0, 0.1) is 0 Å². The lowest BCUT2D eigenvalue weighted by Crippen LogP contribution is -2.28. The fraction of sp³-hybridized carbons (Fsp3) is 0.364. The van der Waals surface area contributed by atoms with Gasteiger partial charge in [0, 0.05) is 14.1 Å². The normalized spacial score (nSPS) is 11.1. The van der Waals surface area contributed by atoms with Gasteiger partial charge in [-0.1, -0.05) is 0 Å². The van der Waals surface area contributed by atoms with E-state index in [0.29, 0.717) is 5.69 Å². The van der Waals surface area contributed by atoms with Crippen molar-refractivity contribution in [2.75, 3.05) is 38.7 Å². The molecule has 8 heteroatoms. The zero-order chi connectivity index (χ0) is 14.6. The Hall–Kier alpha value is -1.80. The SMILES string of the molecule is CNS(=O)(=O)c1ccc(NCC(=O)N(C)C)c(N)c1. The molecule has 1 rings (SSSR count). The Morgan fingerprint density at radius 1 is 1.37 bits per heavy atom. The second kappa shape index (κ2) is 5.89. The van der Waals surface area contributed by atoms with E-state index < -0.39 is 10.0 Å². The Morgan fingerprint density at radius 3 is 2.47 bits per heavy atom. The number of benzene rings is 1. The van der Waals surface area contributed by atoms with E-state index in [2.05, 4.69) is 10.0 Å². The van der Waals surface area contributed by atoms with Crippen molar-refractivity contribution in [3.8, 4) is 0 Å². The third kappa shape index (κ3) is 3.83. The average Bonchev–Trinajstić information content (AvgIpc) is 2.36. The van der Waals surface area contributed by atoms with Crippen LogP contribution in [0.1, 0.15) is 0 Å². The highest BCUT2D eigenvalue weighted by Gasteiger charge is 2.13. The molecule has 0 spiro atoms. The number of nitrogens with one attached hydrogen (secondary N) is 2. The molecule has 0 unspecified atom stereocenters. The van der Waals surface area contributed by atoms with Gasteiger partial charge < -0.3 is 16.0 Å². The molecule has 0 aliphatic heterocycles. The monoisotopic (exact) mass is 286 g/mol. The van der Waals surface area contributed by atoms with Gasteiger partial charge in [-0.15, -0.1) is 0 Å². The van der Waals surface area contributed by atoms with Crippen molar-refractivity contribution >= 4 is 27.3 Å². The molecule has 0 bridgehead atoms. The first-order chi connectivity index (χ1) is 8.77. The summed E-state index contributed by atoms with van der Waals surface area (Å²) >= 11 is 0. The molecule has 1 aromatic rings. The van der Waals surface area contributed by atoms with Gasteiger partial charge in [0.25, 0.3) is 0 Å². The summed E-state index contributed by atoms with van der Waals surface area (Å²) in [5.74, 6) is -0.105. The first kappa shape index (κ1) is 15.3. The zero-order valence-electron chi connectivity index (χ0n) is 11.1. The predicted octanol–water partition coefficient (Wildman–Crippen LogP) is -0.323. The van der Waals surface area contributed by atoms with E-state index in [0.717, 1.165) is 0 Å². The van der Waals surface area contributed by atoms with Crippen molar-refractivity contribution in [1.29, 1.82) is 0 Å². The number of nitrogen functional groups attached to an aromatic ring is 1. The quantitative estimate of drug-likeness (QED) is 0.643. The number of sulfonamides is 1. The molecule has 7 nitrogen and oxygen atoms in total. The van der Waals surface area contributed by atoms with Gasteiger partial charge in [-0.05, 0) is 25.2 Å². The number of carbonyl (C=O) groups is 1. The molecule has 0 aliphatic rings. The molecule has 4 N–H and O–H groups in total. The molecule has 1 amide bonds. The van der Waals surface area contributed by atoms with E-state index in [9.17, 15) is 13.2 Å². The van der Waals surface area contributed by atoms with Crippen LogP contribution in [0.2, 0.25) is 0 Å². The van der Waals surface area contributed by atoms with Crippen LogP contribution in [-0.2, 0) is 14.8 Å². The highest BCUT2D eigenvalue weighted by atomic mass is 32.2. The second-order valence-electron chi connectivity index (χ2n) is 4.10. The lowest BCUT2D eigenvalue weighted by molar-refractivity contribution is -0.126. The number of likely N-dealkylation sites (N-methyl/N-ethyl adjacent to an activating group) is 1. The van der Waals surface area contributed by atoms with Crippen molar-refractivity contribution < 1.29 is 13.2 Å². The highest BCUT2D eigenvalue weighted by molar-refractivity contribution is 7.89. The number of hydrogen-bond acceptors (Lipinski definition) is 5. The van der Waals surface area contributed by atoms with Gasteiger partial charge in [-0.25, -0.2) is 13.1 Å². The first-order valence-electron chi connectivity index (χ1n) is 5.55. The fourth-order valence-corrected chi connectivity index (χ4v) is 2.08. The van der Waals surface area contributed by atoms with Crippen LogP contribution in [-0.4, -0.2) is 46.9 Å². The van der Waals surface area contributed by atoms with Crippen LogP contribution >= 0.6 is 0 Å². The number of nitrogens with zero attached hydrogens (tertiary/aromatic N) is 1. The summed E-state index contributed by atoms with van der Waals surface area (Å²) in [7, 11) is 1.11. The molecule has 0 saturated carbocycles. The number of carbonyl (C=O) groups excluding carboxylic acids is 1. The van der Waals surface area contributed by atoms with Crippen LogP contribution in [0.15, 0.2) is 23.1 Å². The minimum atomic E-state index is -3.52. The topological polar surface area (TPSA) is 105 Å². The van der Waals surface area contributed by atoms with Crippen molar-refractivity contribution in [2.24, 2.45) is 0 Å². The maximum atomic E-state index is 11.6. The Morgan fingerprint density at radius 2 is 2.00 bits per heavy atom. The average molecular weight is 286 g/mol. The van der Waals surface area contributed by atoms with E-state index in [4.69, 9.17) is 5.73 Å². The third-order valence-electron chi connectivity index (χ3n) is 2.53. The Kier molecular flexibility index (Phi) is 4.73. The molecule has 0 aliphatic carbocycles. The number of amides is 1. The van der Waals surface area contributed by atoms with E-state index in [1.54, 1.807) is 14.1 Å². The maximum absolute atomic E-state index is 11.6. The van der Waals surface area contributed by atoms with Gasteiger partial charge in [0.05, 0.1) is 22.8 Å². The standard InChI is InChI=1S/C11H18N4O3S/c1-13-19(17,18)8-4-5-10(9(12)6-8)14-7-11(16)15(2)3/h4-6,13-14H,7,12H2,1-3H3. The lowest BCUT2D eigenvalue weighted by Gasteiger charge is -2.13. The summed E-state index contributed by atoms with van der Waals surface area (Å²) in [6.07, 6.45) is 0. The molecule has 19 heavy (non-hydrogen) atoms. The predicted molar refractivity (Wildman–Crippen MR) is 74.3 cm³/mol. The van der Waals surface area contributed by atoms with Crippen molar-refractivity contribution in [2.45, 2.75) is 4.90 Å². The summed E-state index contributed by atoms with van der Waals surface area (Å²) in [4.78, 5) is 12.9. The summed E-state index contributed by atoms with van der Waals surface area (Å²) in [5, 5.41) is 2.86. The van der Waals surface area contributed by atoms with Gasteiger partial charge in [-0.2, -0.15) is 0 Å². The first-order valence-corrected chi connectivity index (χ1v) is 7.03. The molecule has 0 heterocycles. The van der Waals surface area contributed by atoms with Crippen LogP contribution in [0.3, 0.4) is 0 Å². The largest absolute Gasteiger partial charge is 0.397 e. The van der Waals surface area contributed by atoms with Crippen molar-refractivity contribution in [3.63, 3.8) is 0 Å². The minimum Gasteiger partial charge on any atom is -0.397 e. The van der Waals surface area contributed by atoms with E-state index in [1.807, 2.05) is 0 Å². The molecule has 0 aromatic heterocycles. The summed E-state index contributed by atoms with van der Waals surface area (Å²) in [5.41, 5.74) is 6.54. The molecule has 0 fully saturated rings. The number of rotatable bonds is 5. The van der Waals surface area contributed by atoms with Crippen molar-refractivity contribution in [3.05, 3.63) is 18.2 Å². The third-order valence-corrected chi connectivity index (χ3v) is 3.94. The second-order valence-corrected chi connectivity index (χ2v) is 5.98. The maximum Gasteiger partial charge on any atom is 0.241 e. The van der Waals surface area contributed by atoms with Crippen LogP contribution in [0.25, 0.3) is 0 Å². The molecular weight excluding hydrogens is 268 g/mol. The van der Waals surface area contributed by atoms with Gasteiger partial charge in [0.15, 0.2) is 0 Å². The van der Waals surface area contributed by atoms with Gasteiger partial charge in [0.2, 0.25) is 15.9 Å². The van der Waals surface area contributed by atoms with Crippen LogP contribution in [0.4, 0.5) is 11.4 Å². The molecule has 1 aromatic carbocycles. The highest BCUT2D eigenvalue weighted by Crippen LogP contribution is 2.22. The fourth-order valence-electron chi connectivity index (χ4n) is 1.32. The number of hydrogen-bond donors (Lipinski definition) is 3. The Bertz CT molecular complexity index is 569. The molecule has 0 radical (unpaired) electrons. The molecular formula is C11H18N4O3S.